The van der Waals surface area contributed by atoms with Crippen molar-refractivity contribution in [3.63, 3.8) is 0 Å². The fourth-order valence-electron chi connectivity index (χ4n) is 1.81. The lowest BCUT2D eigenvalue weighted by atomic mass is 10.1. The maximum Gasteiger partial charge on any atom is 0.416 e. The quantitative estimate of drug-likeness (QED) is 0.851. The normalized spacial score (nSPS) is 18.6. The van der Waals surface area contributed by atoms with Gasteiger partial charge < -0.3 is 10.1 Å². The van der Waals surface area contributed by atoms with Crippen LogP contribution in [0.1, 0.15) is 12.0 Å². The highest BCUT2D eigenvalue weighted by Crippen LogP contribution is 2.30. The van der Waals surface area contributed by atoms with Crippen LogP contribution in [0, 0.1) is 5.92 Å². The van der Waals surface area contributed by atoms with E-state index in [1.807, 2.05) is 0 Å². The van der Waals surface area contributed by atoms with Crippen molar-refractivity contribution in [1.82, 2.24) is 5.32 Å². The Balaban J connectivity index is 0.000000861. The summed E-state index contributed by atoms with van der Waals surface area (Å²) in [6.45, 7) is 8.46. The third kappa shape index (κ3) is 4.95. The summed E-state index contributed by atoms with van der Waals surface area (Å²) in [4.78, 5) is 0. The molecule has 1 N–H and O–H groups in total. The van der Waals surface area contributed by atoms with Crippen molar-refractivity contribution in [3.8, 4) is 5.75 Å². The summed E-state index contributed by atoms with van der Waals surface area (Å²) in [7, 11) is 0. The number of rotatable bonds is 3. The molecule has 1 fully saturated rings. The molecule has 106 valence electrons. The van der Waals surface area contributed by atoms with Gasteiger partial charge in [0.05, 0.1) is 12.2 Å². The lowest BCUT2D eigenvalue weighted by molar-refractivity contribution is -0.137. The van der Waals surface area contributed by atoms with Gasteiger partial charge in [0.1, 0.15) is 5.75 Å². The Kier molecular flexibility index (Phi) is 5.89. The van der Waals surface area contributed by atoms with Crippen molar-refractivity contribution in [2.75, 3.05) is 19.7 Å². The van der Waals surface area contributed by atoms with E-state index in [4.69, 9.17) is 4.74 Å². The molecule has 5 heteroatoms. The number of nitrogens with one attached hydrogen (secondary N) is 1. The molecule has 0 amide bonds. The molecule has 2 nitrogen and oxygen atoms in total. The lowest BCUT2D eigenvalue weighted by Gasteiger charge is -2.12. The molecule has 0 radical (unpaired) electrons. The summed E-state index contributed by atoms with van der Waals surface area (Å²) in [6, 6.07) is 4.82. The van der Waals surface area contributed by atoms with Gasteiger partial charge in [-0.25, -0.2) is 0 Å². The molecule has 1 aliphatic rings. The number of alkyl halides is 3. The summed E-state index contributed by atoms with van der Waals surface area (Å²) in [5.41, 5.74) is -0.646. The van der Waals surface area contributed by atoms with Gasteiger partial charge in [-0.05, 0) is 37.2 Å². The third-order valence-corrected chi connectivity index (χ3v) is 2.83. The first-order valence-electron chi connectivity index (χ1n) is 6.06. The molecule has 1 saturated heterocycles. The fraction of sp³-hybridized carbons (Fsp3) is 0.429. The first-order valence-corrected chi connectivity index (χ1v) is 6.06. The van der Waals surface area contributed by atoms with Crippen LogP contribution in [0.5, 0.6) is 5.75 Å². The molecule has 1 aromatic carbocycles. The van der Waals surface area contributed by atoms with E-state index in [-0.39, 0.29) is 0 Å². The average Bonchev–Trinajstić information content (AvgIpc) is 2.91. The molecule has 2 rings (SSSR count). The molecule has 1 atom stereocenters. The topological polar surface area (TPSA) is 21.3 Å². The van der Waals surface area contributed by atoms with Gasteiger partial charge in [0, 0.05) is 12.5 Å². The Bertz CT molecular complexity index is 369. The molecular formula is C14H18F3NO. The zero-order chi connectivity index (χ0) is 14.3. The molecule has 1 aromatic rings. The van der Waals surface area contributed by atoms with Crippen LogP contribution in [-0.2, 0) is 6.18 Å². The van der Waals surface area contributed by atoms with E-state index in [9.17, 15) is 13.2 Å². The van der Waals surface area contributed by atoms with E-state index < -0.39 is 11.7 Å². The molecule has 19 heavy (non-hydrogen) atoms. The molecule has 1 heterocycles. The first-order chi connectivity index (χ1) is 9.05. The van der Waals surface area contributed by atoms with Crippen molar-refractivity contribution < 1.29 is 17.9 Å². The Labute approximate surface area is 111 Å². The number of ether oxygens (including phenoxy) is 1. The Morgan fingerprint density at radius 2 is 1.84 bits per heavy atom. The van der Waals surface area contributed by atoms with Crippen LogP contribution in [0.4, 0.5) is 13.2 Å². The van der Waals surface area contributed by atoms with Gasteiger partial charge in [0.25, 0.3) is 0 Å². The predicted molar refractivity (Wildman–Crippen MR) is 69.2 cm³/mol. The highest BCUT2D eigenvalue weighted by atomic mass is 19.4. The maximum absolute atomic E-state index is 12.3. The zero-order valence-corrected chi connectivity index (χ0v) is 10.7. The van der Waals surface area contributed by atoms with Gasteiger partial charge in [-0.15, -0.1) is 13.2 Å². The summed E-state index contributed by atoms with van der Waals surface area (Å²) < 4.78 is 42.4. The predicted octanol–water partition coefficient (Wildman–Crippen LogP) is 3.50. The highest BCUT2D eigenvalue weighted by molar-refractivity contribution is 5.28. The summed E-state index contributed by atoms with van der Waals surface area (Å²) in [6.07, 6.45) is -3.23. The zero-order valence-electron chi connectivity index (χ0n) is 10.7. The van der Waals surface area contributed by atoms with Crippen LogP contribution >= 0.6 is 0 Å². The lowest BCUT2D eigenvalue weighted by Crippen LogP contribution is -2.15. The van der Waals surface area contributed by atoms with E-state index in [0.717, 1.165) is 31.6 Å². The largest absolute Gasteiger partial charge is 0.493 e. The van der Waals surface area contributed by atoms with Crippen LogP contribution in [-0.4, -0.2) is 19.7 Å². The van der Waals surface area contributed by atoms with E-state index in [2.05, 4.69) is 18.5 Å². The molecule has 0 aliphatic carbocycles. The molecule has 0 bridgehead atoms. The Hall–Kier alpha value is -1.49. The van der Waals surface area contributed by atoms with Crippen molar-refractivity contribution in [3.05, 3.63) is 43.0 Å². The summed E-state index contributed by atoms with van der Waals surface area (Å²) in [5, 5.41) is 3.21. The van der Waals surface area contributed by atoms with Crippen LogP contribution in [0.3, 0.4) is 0 Å². The van der Waals surface area contributed by atoms with E-state index in [1.165, 1.54) is 12.1 Å². The smallest absolute Gasteiger partial charge is 0.416 e. The first kappa shape index (κ1) is 15.6. The minimum absolute atomic E-state index is 0.456. The van der Waals surface area contributed by atoms with E-state index >= 15 is 0 Å². The monoisotopic (exact) mass is 273 g/mol. The van der Waals surface area contributed by atoms with Crippen LogP contribution in [0.2, 0.25) is 0 Å². The third-order valence-electron chi connectivity index (χ3n) is 2.83. The van der Waals surface area contributed by atoms with E-state index in [1.54, 1.807) is 0 Å². The highest BCUT2D eigenvalue weighted by Gasteiger charge is 2.30. The minimum atomic E-state index is -4.28. The number of hydrogen-bond donors (Lipinski definition) is 1. The SMILES string of the molecule is C=C.FC(F)(F)c1ccc(OCC2CCNC2)cc1. The molecule has 0 saturated carbocycles. The number of hydrogen-bond acceptors (Lipinski definition) is 2. The molecular weight excluding hydrogens is 255 g/mol. The van der Waals surface area contributed by atoms with Crippen LogP contribution in [0.25, 0.3) is 0 Å². The molecule has 1 aliphatic heterocycles. The summed E-state index contributed by atoms with van der Waals surface area (Å²) >= 11 is 0. The average molecular weight is 273 g/mol. The van der Waals surface area contributed by atoms with Gasteiger partial charge in [-0.2, -0.15) is 13.2 Å². The van der Waals surface area contributed by atoms with Gasteiger partial charge in [0.2, 0.25) is 0 Å². The Morgan fingerprint density at radius 1 is 1.21 bits per heavy atom. The van der Waals surface area contributed by atoms with Gasteiger partial charge >= 0.3 is 6.18 Å². The number of benzene rings is 1. The fourth-order valence-corrected chi connectivity index (χ4v) is 1.81. The van der Waals surface area contributed by atoms with Crippen molar-refractivity contribution >= 4 is 0 Å². The second-order valence-electron chi connectivity index (χ2n) is 4.19. The second-order valence-corrected chi connectivity index (χ2v) is 4.19. The van der Waals surface area contributed by atoms with Gasteiger partial charge in [-0.3, -0.25) is 0 Å². The molecule has 0 spiro atoms. The van der Waals surface area contributed by atoms with Crippen LogP contribution < -0.4 is 10.1 Å². The molecule has 0 aromatic heterocycles. The second kappa shape index (κ2) is 7.19. The van der Waals surface area contributed by atoms with Crippen molar-refractivity contribution in [1.29, 1.82) is 0 Å². The standard InChI is InChI=1S/C12H14F3NO.C2H4/c13-12(14,15)10-1-3-11(4-2-10)17-8-9-5-6-16-7-9;1-2/h1-4,9,16H,5-8H2;1-2H2. The van der Waals surface area contributed by atoms with Gasteiger partial charge in [-0.1, -0.05) is 0 Å². The Morgan fingerprint density at radius 3 is 2.32 bits per heavy atom. The van der Waals surface area contributed by atoms with Crippen molar-refractivity contribution in [2.45, 2.75) is 12.6 Å². The van der Waals surface area contributed by atoms with Crippen molar-refractivity contribution in [2.24, 2.45) is 5.92 Å². The minimum Gasteiger partial charge on any atom is -0.493 e. The maximum atomic E-state index is 12.3. The number of halogens is 3. The summed E-state index contributed by atoms with van der Waals surface area (Å²) in [5.74, 6) is 0.946. The van der Waals surface area contributed by atoms with Crippen LogP contribution in [0.15, 0.2) is 37.4 Å². The molecule has 1 unspecified atom stereocenters. The van der Waals surface area contributed by atoms with Gasteiger partial charge in [0.15, 0.2) is 0 Å². The van der Waals surface area contributed by atoms with E-state index in [0.29, 0.717) is 18.3 Å².